The first-order valence-electron chi connectivity index (χ1n) is 12.5. The molecule has 2 aromatic rings. The Morgan fingerprint density at radius 1 is 1.03 bits per heavy atom. The lowest BCUT2D eigenvalue weighted by atomic mass is 9.63. The van der Waals surface area contributed by atoms with Crippen LogP contribution in [-0.2, 0) is 17.9 Å². The van der Waals surface area contributed by atoms with Crippen molar-refractivity contribution in [2.75, 3.05) is 19.6 Å². The Morgan fingerprint density at radius 3 is 2.64 bits per heavy atom. The number of piperidine rings is 2. The number of likely N-dealkylation sites (tertiary alicyclic amines) is 1. The number of nitrogens with zero attached hydrogens (tertiary/aromatic N) is 3. The fraction of sp³-hybridized carbons (Fsp3) is 0.519. The third kappa shape index (κ3) is 3.84. The molecule has 3 aliphatic heterocycles. The van der Waals surface area contributed by atoms with E-state index in [1.807, 2.05) is 18.3 Å². The molecular weight excluding hydrogens is 412 g/mol. The predicted octanol–water partition coefficient (Wildman–Crippen LogP) is 3.75. The Bertz CT molecular complexity index is 1080. The monoisotopic (exact) mass is 444 g/mol. The number of aromatic nitrogens is 1. The second kappa shape index (κ2) is 8.24. The highest BCUT2D eigenvalue weighted by Gasteiger charge is 2.39. The number of amides is 2. The normalized spacial score (nSPS) is 24.5. The topological polar surface area (TPSA) is 65.5 Å². The van der Waals surface area contributed by atoms with Gasteiger partial charge in [0.1, 0.15) is 6.04 Å². The molecule has 1 atom stereocenters. The Labute approximate surface area is 195 Å². The van der Waals surface area contributed by atoms with Gasteiger partial charge in [0.05, 0.1) is 5.69 Å². The van der Waals surface area contributed by atoms with Gasteiger partial charge in [-0.05, 0) is 92.4 Å². The fourth-order valence-electron chi connectivity index (χ4n) is 6.16. The Hall–Kier alpha value is -2.73. The maximum absolute atomic E-state index is 13.0. The van der Waals surface area contributed by atoms with Gasteiger partial charge in [-0.25, -0.2) is 0 Å². The quantitative estimate of drug-likeness (QED) is 0.780. The maximum atomic E-state index is 13.0. The molecule has 6 heteroatoms. The molecule has 4 aliphatic rings. The number of nitrogens with one attached hydrogen (secondary N) is 1. The number of carbonyl (C=O) groups excluding carboxylic acids is 2. The summed E-state index contributed by atoms with van der Waals surface area (Å²) in [5.74, 6) is -0.0624. The van der Waals surface area contributed by atoms with Crippen molar-refractivity contribution in [2.24, 2.45) is 5.41 Å². The average Bonchev–Trinajstić information content (AvgIpc) is 3.15. The lowest BCUT2D eigenvalue weighted by Crippen LogP contribution is -2.50. The number of hydrogen-bond acceptors (Lipinski definition) is 4. The van der Waals surface area contributed by atoms with E-state index in [1.165, 1.54) is 50.8 Å². The van der Waals surface area contributed by atoms with Gasteiger partial charge in [0.25, 0.3) is 5.91 Å². The minimum Gasteiger partial charge on any atom is -0.354 e. The van der Waals surface area contributed by atoms with Gasteiger partial charge in [-0.3, -0.25) is 19.5 Å². The standard InChI is InChI=1S/C27H32N4O2/c32-25-24(3-1-11-29-25)31-18-21-16-20(4-5-22(21)26(31)33)23-15-19(6-12-28-23)17-30-13-9-27(10-14-30)7-2-8-27/h4-6,12,15-16,24H,1-3,7-11,13-14,17-18H2,(H,29,32). The molecule has 2 saturated heterocycles. The van der Waals surface area contributed by atoms with Crippen molar-refractivity contribution >= 4 is 11.8 Å². The van der Waals surface area contributed by atoms with E-state index in [4.69, 9.17) is 0 Å². The number of benzene rings is 1. The highest BCUT2D eigenvalue weighted by Crippen LogP contribution is 2.48. The van der Waals surface area contributed by atoms with Crippen molar-refractivity contribution in [1.29, 1.82) is 0 Å². The van der Waals surface area contributed by atoms with E-state index in [1.54, 1.807) is 4.90 Å². The molecule has 1 aromatic carbocycles. The highest BCUT2D eigenvalue weighted by molar-refractivity contribution is 6.01. The van der Waals surface area contributed by atoms with E-state index in [-0.39, 0.29) is 17.9 Å². The molecule has 172 valence electrons. The number of fused-ring (bicyclic) bond motifs is 1. The molecule has 6 nitrogen and oxygen atoms in total. The Kier molecular flexibility index (Phi) is 5.21. The van der Waals surface area contributed by atoms with Crippen LogP contribution in [0.3, 0.4) is 0 Å². The van der Waals surface area contributed by atoms with Gasteiger partial charge < -0.3 is 10.2 Å². The zero-order valence-electron chi connectivity index (χ0n) is 19.2. The van der Waals surface area contributed by atoms with E-state index in [2.05, 4.69) is 33.4 Å². The number of rotatable bonds is 4. The van der Waals surface area contributed by atoms with Crippen molar-refractivity contribution in [3.05, 3.63) is 53.2 Å². The van der Waals surface area contributed by atoms with Crippen LogP contribution in [0.1, 0.15) is 66.4 Å². The van der Waals surface area contributed by atoms with E-state index >= 15 is 0 Å². The Morgan fingerprint density at radius 2 is 1.88 bits per heavy atom. The molecule has 3 fully saturated rings. The van der Waals surface area contributed by atoms with Gasteiger partial charge in [-0.15, -0.1) is 0 Å². The number of pyridine rings is 1. The largest absolute Gasteiger partial charge is 0.354 e. The lowest BCUT2D eigenvalue weighted by molar-refractivity contribution is -0.127. The van der Waals surface area contributed by atoms with Crippen LogP contribution in [0, 0.1) is 5.41 Å². The van der Waals surface area contributed by atoms with Gasteiger partial charge in [-0.2, -0.15) is 0 Å². The minimum absolute atomic E-state index is 0.0297. The fourth-order valence-corrected chi connectivity index (χ4v) is 6.16. The Balaban J connectivity index is 1.17. The molecule has 1 saturated carbocycles. The first-order chi connectivity index (χ1) is 16.1. The SMILES string of the molecule is O=C1NCCCC1N1Cc2cc(-c3cc(CN4CCC5(CCC5)CC4)ccn3)ccc2C1=O. The number of hydrogen-bond donors (Lipinski definition) is 1. The molecule has 0 bridgehead atoms. The van der Waals surface area contributed by atoms with Crippen molar-refractivity contribution < 1.29 is 9.59 Å². The maximum Gasteiger partial charge on any atom is 0.255 e. The molecule has 1 aromatic heterocycles. The van der Waals surface area contributed by atoms with Crippen LogP contribution in [0.4, 0.5) is 0 Å². The third-order valence-corrected chi connectivity index (χ3v) is 8.43. The first kappa shape index (κ1) is 20.8. The molecule has 2 amide bonds. The lowest BCUT2D eigenvalue weighted by Gasteiger charge is -2.48. The van der Waals surface area contributed by atoms with Gasteiger partial charge in [0.2, 0.25) is 5.91 Å². The molecule has 1 spiro atoms. The average molecular weight is 445 g/mol. The highest BCUT2D eigenvalue weighted by atomic mass is 16.2. The van der Waals surface area contributed by atoms with Crippen molar-refractivity contribution in [1.82, 2.24) is 20.1 Å². The van der Waals surface area contributed by atoms with E-state index in [9.17, 15) is 9.59 Å². The molecule has 4 heterocycles. The molecule has 1 unspecified atom stereocenters. The van der Waals surface area contributed by atoms with Crippen LogP contribution in [-0.4, -0.2) is 52.3 Å². The summed E-state index contributed by atoms with van der Waals surface area (Å²) >= 11 is 0. The van der Waals surface area contributed by atoms with E-state index in [0.29, 0.717) is 24.1 Å². The van der Waals surface area contributed by atoms with Gasteiger partial charge >= 0.3 is 0 Å². The smallest absolute Gasteiger partial charge is 0.255 e. The molecular formula is C27H32N4O2. The first-order valence-corrected chi connectivity index (χ1v) is 12.5. The van der Waals surface area contributed by atoms with Crippen LogP contribution < -0.4 is 5.32 Å². The second-order valence-corrected chi connectivity index (χ2v) is 10.4. The summed E-state index contributed by atoms with van der Waals surface area (Å²) < 4.78 is 0. The van der Waals surface area contributed by atoms with Crippen molar-refractivity contribution in [3.8, 4) is 11.3 Å². The van der Waals surface area contributed by atoms with Gasteiger partial charge in [0.15, 0.2) is 0 Å². The van der Waals surface area contributed by atoms with E-state index in [0.717, 1.165) is 36.2 Å². The summed E-state index contributed by atoms with van der Waals surface area (Å²) in [4.78, 5) is 34.2. The van der Waals surface area contributed by atoms with Crippen molar-refractivity contribution in [2.45, 2.75) is 64.1 Å². The summed E-state index contributed by atoms with van der Waals surface area (Å²) in [5, 5.41) is 2.90. The van der Waals surface area contributed by atoms with E-state index < -0.39 is 0 Å². The van der Waals surface area contributed by atoms with Crippen LogP contribution in [0.15, 0.2) is 36.5 Å². The summed E-state index contributed by atoms with van der Waals surface area (Å²) in [6.45, 7) is 4.57. The molecule has 6 rings (SSSR count). The van der Waals surface area contributed by atoms with Crippen LogP contribution in [0.2, 0.25) is 0 Å². The van der Waals surface area contributed by atoms with Gasteiger partial charge in [-0.1, -0.05) is 12.5 Å². The summed E-state index contributed by atoms with van der Waals surface area (Å²) in [6.07, 6.45) is 10.5. The molecule has 33 heavy (non-hydrogen) atoms. The minimum atomic E-state index is -0.354. The third-order valence-electron chi connectivity index (χ3n) is 8.43. The summed E-state index contributed by atoms with van der Waals surface area (Å²) in [5.41, 5.74) is 5.65. The zero-order valence-corrected chi connectivity index (χ0v) is 19.2. The zero-order chi connectivity index (χ0) is 22.4. The van der Waals surface area contributed by atoms with Crippen LogP contribution in [0.25, 0.3) is 11.3 Å². The summed E-state index contributed by atoms with van der Waals surface area (Å²) in [6, 6.07) is 9.95. The van der Waals surface area contributed by atoms with Crippen LogP contribution in [0.5, 0.6) is 0 Å². The molecule has 0 radical (unpaired) electrons. The van der Waals surface area contributed by atoms with Crippen LogP contribution >= 0.6 is 0 Å². The summed E-state index contributed by atoms with van der Waals surface area (Å²) in [7, 11) is 0. The molecule has 1 aliphatic carbocycles. The predicted molar refractivity (Wildman–Crippen MR) is 126 cm³/mol. The van der Waals surface area contributed by atoms with Gasteiger partial charge in [0, 0.05) is 37.0 Å². The second-order valence-electron chi connectivity index (χ2n) is 10.4. The number of carbonyl (C=O) groups is 2. The molecule has 1 N–H and O–H groups in total. The van der Waals surface area contributed by atoms with Crippen molar-refractivity contribution in [3.63, 3.8) is 0 Å².